The zero-order valence-corrected chi connectivity index (χ0v) is 22.6. The number of hydrogen-bond acceptors (Lipinski definition) is 13. The maximum atomic E-state index is 12.0. The second-order valence-corrected chi connectivity index (χ2v) is 8.37. The number of esters is 6. The predicted molar refractivity (Wildman–Crippen MR) is 134 cm³/mol. The number of ether oxygens (including phenoxy) is 6. The number of carbonyl (C=O) groups is 6. The Hall–Kier alpha value is -4.78. The molecular formula is C27H28O13. The molecule has 214 valence electrons. The highest BCUT2D eigenvalue weighted by Gasteiger charge is 2.30. The van der Waals surface area contributed by atoms with Gasteiger partial charge in [-0.05, 0) is 17.7 Å². The monoisotopic (exact) mass is 560 g/mol. The van der Waals surface area contributed by atoms with Crippen molar-refractivity contribution in [2.75, 3.05) is 0 Å². The molecular weight excluding hydrogens is 532 g/mol. The molecule has 0 bridgehead atoms. The highest BCUT2D eigenvalue weighted by molar-refractivity contribution is 5.76. The second-order valence-electron chi connectivity index (χ2n) is 8.37. The standard InChI is InChI=1S/C27H28O13/c1-13(28)35-20-10-23(37-15(3)30)21(24(11-20)38-16(4)31)12-26(40-18(6)33)27(34)19-7-8-22(36-14(2)29)25(9-19)39-17(5)32/h7-11,26-27,34H,12H2,1-6H3. The van der Waals surface area contributed by atoms with Gasteiger partial charge in [0, 0.05) is 65.7 Å². The molecule has 0 aliphatic rings. The molecule has 13 nitrogen and oxygen atoms in total. The molecule has 0 aliphatic carbocycles. The zero-order chi connectivity index (χ0) is 30.1. The third kappa shape index (κ3) is 9.51. The fraction of sp³-hybridized carbons (Fsp3) is 0.333. The van der Waals surface area contributed by atoms with Crippen LogP contribution in [0, 0.1) is 0 Å². The van der Waals surface area contributed by atoms with Crippen LogP contribution in [-0.4, -0.2) is 47.0 Å². The van der Waals surface area contributed by atoms with Crippen LogP contribution in [0.3, 0.4) is 0 Å². The second kappa shape index (κ2) is 13.8. The smallest absolute Gasteiger partial charge is 0.308 e. The summed E-state index contributed by atoms with van der Waals surface area (Å²) in [5.74, 6) is -5.25. The fourth-order valence-electron chi connectivity index (χ4n) is 3.54. The number of hydrogen-bond donors (Lipinski definition) is 1. The molecule has 40 heavy (non-hydrogen) atoms. The van der Waals surface area contributed by atoms with E-state index in [1.807, 2.05) is 0 Å². The molecule has 0 radical (unpaired) electrons. The summed E-state index contributed by atoms with van der Waals surface area (Å²) in [6, 6.07) is 6.20. The van der Waals surface area contributed by atoms with E-state index in [-0.39, 0.29) is 46.3 Å². The average molecular weight is 561 g/mol. The lowest BCUT2D eigenvalue weighted by Crippen LogP contribution is -2.28. The van der Waals surface area contributed by atoms with Gasteiger partial charge in [0.25, 0.3) is 0 Å². The highest BCUT2D eigenvalue weighted by atomic mass is 16.6. The van der Waals surface area contributed by atoms with E-state index in [9.17, 15) is 33.9 Å². The van der Waals surface area contributed by atoms with Gasteiger partial charge in [0.15, 0.2) is 11.5 Å². The molecule has 2 aromatic rings. The van der Waals surface area contributed by atoms with Crippen molar-refractivity contribution in [1.82, 2.24) is 0 Å². The van der Waals surface area contributed by atoms with Crippen LogP contribution < -0.4 is 23.7 Å². The van der Waals surface area contributed by atoms with E-state index in [4.69, 9.17) is 28.4 Å². The molecule has 0 aliphatic heterocycles. The Balaban J connectivity index is 2.64. The van der Waals surface area contributed by atoms with Crippen LogP contribution in [0.5, 0.6) is 28.7 Å². The SMILES string of the molecule is CC(=O)Oc1cc(OC(C)=O)c(CC(OC(C)=O)C(O)c2ccc(OC(C)=O)c(OC(C)=O)c2)c(OC(C)=O)c1. The first-order valence-corrected chi connectivity index (χ1v) is 11.7. The summed E-state index contributed by atoms with van der Waals surface area (Å²) >= 11 is 0. The third-order valence-electron chi connectivity index (χ3n) is 4.80. The molecule has 0 saturated heterocycles. The van der Waals surface area contributed by atoms with Gasteiger partial charge in [-0.3, -0.25) is 28.8 Å². The Morgan fingerprint density at radius 3 is 1.50 bits per heavy atom. The maximum Gasteiger partial charge on any atom is 0.308 e. The van der Waals surface area contributed by atoms with Crippen molar-refractivity contribution in [1.29, 1.82) is 0 Å². The van der Waals surface area contributed by atoms with E-state index in [1.165, 1.54) is 30.3 Å². The summed E-state index contributed by atoms with van der Waals surface area (Å²) in [5, 5.41) is 11.2. The summed E-state index contributed by atoms with van der Waals surface area (Å²) < 4.78 is 31.0. The number of benzene rings is 2. The van der Waals surface area contributed by atoms with E-state index in [1.54, 1.807) is 0 Å². The molecule has 0 heterocycles. The van der Waals surface area contributed by atoms with Gasteiger partial charge in [-0.1, -0.05) is 6.07 Å². The van der Waals surface area contributed by atoms with Gasteiger partial charge in [-0.25, -0.2) is 0 Å². The lowest BCUT2D eigenvalue weighted by atomic mass is 9.96. The minimum absolute atomic E-state index is 0.0170. The van der Waals surface area contributed by atoms with Gasteiger partial charge in [-0.15, -0.1) is 0 Å². The number of carbonyl (C=O) groups excluding carboxylic acids is 6. The maximum absolute atomic E-state index is 12.0. The molecule has 13 heteroatoms. The number of aliphatic hydroxyl groups excluding tert-OH is 1. The Morgan fingerprint density at radius 2 is 1.05 bits per heavy atom. The van der Waals surface area contributed by atoms with Crippen molar-refractivity contribution in [3.63, 3.8) is 0 Å². The molecule has 0 fully saturated rings. The highest BCUT2D eigenvalue weighted by Crippen LogP contribution is 2.39. The molecule has 2 atom stereocenters. The van der Waals surface area contributed by atoms with Crippen molar-refractivity contribution < 1.29 is 62.3 Å². The van der Waals surface area contributed by atoms with Gasteiger partial charge in [0.2, 0.25) is 0 Å². The summed E-state index contributed by atoms with van der Waals surface area (Å²) in [6.45, 7) is 6.70. The van der Waals surface area contributed by atoms with E-state index >= 15 is 0 Å². The minimum atomic E-state index is -1.59. The first-order chi connectivity index (χ1) is 18.7. The van der Waals surface area contributed by atoms with Crippen molar-refractivity contribution in [3.8, 4) is 28.7 Å². The topological polar surface area (TPSA) is 178 Å². The van der Waals surface area contributed by atoms with Crippen molar-refractivity contribution >= 4 is 35.8 Å². The van der Waals surface area contributed by atoms with Crippen molar-refractivity contribution in [2.45, 2.75) is 60.2 Å². The number of aliphatic hydroxyl groups is 1. The Kier molecular flexibility index (Phi) is 10.9. The van der Waals surface area contributed by atoms with E-state index in [2.05, 4.69) is 0 Å². The molecule has 0 spiro atoms. The average Bonchev–Trinajstić information content (AvgIpc) is 2.79. The van der Waals surface area contributed by atoms with Crippen LogP contribution in [0.4, 0.5) is 0 Å². The van der Waals surface area contributed by atoms with Crippen molar-refractivity contribution in [2.24, 2.45) is 0 Å². The van der Waals surface area contributed by atoms with Crippen LogP contribution in [0.2, 0.25) is 0 Å². The van der Waals surface area contributed by atoms with E-state index < -0.39 is 48.0 Å². The van der Waals surface area contributed by atoms with Gasteiger partial charge >= 0.3 is 35.8 Å². The summed E-state index contributed by atoms with van der Waals surface area (Å²) in [6.07, 6.45) is -3.35. The Bertz CT molecular complexity index is 1290. The molecule has 0 aromatic heterocycles. The molecule has 0 amide bonds. The molecule has 2 unspecified atom stereocenters. The van der Waals surface area contributed by atoms with Gasteiger partial charge in [-0.2, -0.15) is 0 Å². The van der Waals surface area contributed by atoms with Crippen LogP contribution in [0.1, 0.15) is 58.8 Å². The van der Waals surface area contributed by atoms with E-state index in [0.29, 0.717) is 0 Å². The third-order valence-corrected chi connectivity index (χ3v) is 4.80. The zero-order valence-electron chi connectivity index (χ0n) is 22.6. The normalized spacial score (nSPS) is 11.9. The number of rotatable bonds is 10. The summed E-state index contributed by atoms with van der Waals surface area (Å²) in [4.78, 5) is 70.2. The van der Waals surface area contributed by atoms with Crippen LogP contribution in [-0.2, 0) is 39.9 Å². The molecule has 2 rings (SSSR count). The first kappa shape index (κ1) is 31.4. The predicted octanol–water partition coefficient (Wildman–Crippen LogP) is 2.52. The molecule has 1 N–H and O–H groups in total. The lowest BCUT2D eigenvalue weighted by molar-refractivity contribution is -0.152. The first-order valence-electron chi connectivity index (χ1n) is 11.7. The fourth-order valence-corrected chi connectivity index (χ4v) is 3.54. The Morgan fingerprint density at radius 1 is 0.600 bits per heavy atom. The van der Waals surface area contributed by atoms with E-state index in [0.717, 1.165) is 41.5 Å². The lowest BCUT2D eigenvalue weighted by Gasteiger charge is -2.25. The summed E-state index contributed by atoms with van der Waals surface area (Å²) in [5.41, 5.74) is 0.0985. The largest absolute Gasteiger partial charge is 0.459 e. The van der Waals surface area contributed by atoms with Crippen LogP contribution in [0.15, 0.2) is 30.3 Å². The Labute approximate surface area is 228 Å². The van der Waals surface area contributed by atoms with Crippen LogP contribution >= 0.6 is 0 Å². The summed E-state index contributed by atoms with van der Waals surface area (Å²) in [7, 11) is 0. The molecule has 0 saturated carbocycles. The van der Waals surface area contributed by atoms with Crippen LogP contribution in [0.25, 0.3) is 0 Å². The minimum Gasteiger partial charge on any atom is -0.459 e. The van der Waals surface area contributed by atoms with Gasteiger partial charge < -0.3 is 33.5 Å². The molecule has 2 aromatic carbocycles. The van der Waals surface area contributed by atoms with Crippen molar-refractivity contribution in [3.05, 3.63) is 41.5 Å². The van der Waals surface area contributed by atoms with Gasteiger partial charge in [0.1, 0.15) is 29.5 Å². The van der Waals surface area contributed by atoms with Gasteiger partial charge in [0.05, 0.1) is 0 Å². The quantitative estimate of drug-likeness (QED) is 0.331.